The molecule has 1 aromatic carbocycles. The highest BCUT2D eigenvalue weighted by molar-refractivity contribution is 5.97. The molecule has 34 heavy (non-hydrogen) atoms. The van der Waals surface area contributed by atoms with Gasteiger partial charge in [0.2, 0.25) is 5.91 Å². The molecule has 2 bridgehead atoms. The molecule has 2 aliphatic rings. The van der Waals surface area contributed by atoms with Crippen LogP contribution in [0, 0.1) is 17.2 Å². The summed E-state index contributed by atoms with van der Waals surface area (Å²) in [5, 5.41) is 9.60. The minimum atomic E-state index is -0.515. The second-order valence-electron chi connectivity index (χ2n) is 9.05. The van der Waals surface area contributed by atoms with Crippen LogP contribution in [0.1, 0.15) is 42.1 Å². The lowest BCUT2D eigenvalue weighted by Crippen LogP contribution is -2.50. The van der Waals surface area contributed by atoms with Crippen molar-refractivity contribution in [3.8, 4) is 11.8 Å². The van der Waals surface area contributed by atoms with E-state index in [9.17, 15) is 14.9 Å². The number of rotatable bonds is 2. The van der Waals surface area contributed by atoms with E-state index in [2.05, 4.69) is 6.07 Å². The minimum absolute atomic E-state index is 0.0759. The van der Waals surface area contributed by atoms with Crippen LogP contribution >= 0.6 is 0 Å². The zero-order valence-corrected chi connectivity index (χ0v) is 20.7. The number of amides is 2. The molecule has 1 aromatic rings. The Kier molecular flexibility index (Phi) is 8.89. The molecule has 0 saturated carbocycles. The lowest BCUT2D eigenvalue weighted by atomic mass is 9.97. The number of hydrogen-bond donors (Lipinski definition) is 0. The summed E-state index contributed by atoms with van der Waals surface area (Å²) in [6.07, 6.45) is 1.25. The van der Waals surface area contributed by atoms with Gasteiger partial charge >= 0.3 is 0 Å². The van der Waals surface area contributed by atoms with E-state index in [0.717, 1.165) is 12.8 Å². The molecule has 9 nitrogen and oxygen atoms in total. The Hall–Kier alpha value is -2.67. The molecule has 5 atom stereocenters. The van der Waals surface area contributed by atoms with Gasteiger partial charge in [0.05, 0.1) is 42.0 Å². The Morgan fingerprint density at radius 1 is 1.03 bits per heavy atom. The average Bonchev–Trinajstić information content (AvgIpc) is 2.85. The van der Waals surface area contributed by atoms with Crippen molar-refractivity contribution in [3.05, 3.63) is 29.3 Å². The highest BCUT2D eigenvalue weighted by Gasteiger charge is 2.36. The fourth-order valence-electron chi connectivity index (χ4n) is 4.68. The van der Waals surface area contributed by atoms with E-state index in [1.807, 2.05) is 0 Å². The lowest BCUT2D eigenvalue weighted by Gasteiger charge is -2.38. The number of benzene rings is 1. The molecule has 0 radical (unpaired) electrons. The largest absolute Gasteiger partial charge is 0.491 e. The van der Waals surface area contributed by atoms with Crippen LogP contribution in [0.5, 0.6) is 5.75 Å². The molecule has 0 aliphatic carbocycles. The van der Waals surface area contributed by atoms with Crippen LogP contribution in [-0.2, 0) is 19.0 Å². The van der Waals surface area contributed by atoms with Crippen LogP contribution in [0.2, 0.25) is 0 Å². The number of methoxy groups -OCH3 is 2. The Morgan fingerprint density at radius 3 is 2.44 bits per heavy atom. The summed E-state index contributed by atoms with van der Waals surface area (Å²) in [5.74, 6) is -0.601. The molecule has 2 aliphatic heterocycles. The number of likely N-dealkylation sites (N-methyl/N-ethyl adjacent to an activating group) is 2. The van der Waals surface area contributed by atoms with Gasteiger partial charge in [-0.05, 0) is 25.0 Å². The molecular formula is C25H35N3O6. The number of carbonyl (C=O) groups is 2. The van der Waals surface area contributed by atoms with Crippen LogP contribution < -0.4 is 4.74 Å². The lowest BCUT2D eigenvalue weighted by molar-refractivity contribution is -0.154. The molecule has 0 N–H and O–H groups in total. The Morgan fingerprint density at radius 2 is 1.76 bits per heavy atom. The first-order valence-electron chi connectivity index (χ1n) is 11.7. The van der Waals surface area contributed by atoms with E-state index < -0.39 is 12.0 Å². The molecule has 0 spiro atoms. The maximum Gasteiger partial charge on any atom is 0.257 e. The maximum absolute atomic E-state index is 13.3. The van der Waals surface area contributed by atoms with Gasteiger partial charge in [0, 0.05) is 47.8 Å². The quantitative estimate of drug-likeness (QED) is 0.648. The highest BCUT2D eigenvalue weighted by atomic mass is 16.5. The first-order valence-corrected chi connectivity index (χ1v) is 11.7. The van der Waals surface area contributed by atoms with E-state index in [4.69, 9.17) is 18.9 Å². The first-order chi connectivity index (χ1) is 16.3. The van der Waals surface area contributed by atoms with Crippen molar-refractivity contribution in [3.63, 3.8) is 0 Å². The number of hydrogen-bond acceptors (Lipinski definition) is 7. The second kappa shape index (κ2) is 11.6. The van der Waals surface area contributed by atoms with E-state index in [-0.39, 0.29) is 42.4 Å². The van der Waals surface area contributed by atoms with Crippen molar-refractivity contribution in [2.45, 2.75) is 50.6 Å². The van der Waals surface area contributed by atoms with Crippen LogP contribution in [0.25, 0.3) is 0 Å². The second-order valence-corrected chi connectivity index (χ2v) is 9.05. The van der Waals surface area contributed by atoms with E-state index >= 15 is 0 Å². The van der Waals surface area contributed by atoms with Gasteiger partial charge in [0.1, 0.15) is 17.9 Å². The van der Waals surface area contributed by atoms with Crippen LogP contribution in [-0.4, -0.2) is 94.0 Å². The summed E-state index contributed by atoms with van der Waals surface area (Å²) in [6.45, 7) is 2.70. The summed E-state index contributed by atoms with van der Waals surface area (Å²) in [7, 11) is 6.61. The SMILES string of the molecule is CO[C@H]1CN(C)C(=O)c2cccc(C#N)c2OCC[C@H]2CC[C@@H](OC)[C@H](CN(C)C(=O)[C@@H]1C)O2. The summed E-state index contributed by atoms with van der Waals surface area (Å²) in [5.41, 5.74) is 0.609. The number of fused-ring (bicyclic) bond motifs is 3. The van der Waals surface area contributed by atoms with Crippen molar-refractivity contribution >= 4 is 11.8 Å². The van der Waals surface area contributed by atoms with E-state index in [1.54, 1.807) is 51.2 Å². The molecule has 1 saturated heterocycles. The van der Waals surface area contributed by atoms with Crippen molar-refractivity contribution in [1.82, 2.24) is 9.80 Å². The van der Waals surface area contributed by atoms with Gasteiger partial charge < -0.3 is 28.7 Å². The normalized spacial score (nSPS) is 29.2. The molecule has 186 valence electrons. The molecule has 1 fully saturated rings. The number of carbonyl (C=O) groups excluding carboxylic acids is 2. The van der Waals surface area contributed by atoms with E-state index in [1.165, 1.54) is 12.0 Å². The topological polar surface area (TPSA) is 101 Å². The molecule has 3 rings (SSSR count). The third-order valence-corrected chi connectivity index (χ3v) is 6.79. The van der Waals surface area contributed by atoms with Gasteiger partial charge in [-0.3, -0.25) is 9.59 Å². The van der Waals surface area contributed by atoms with Crippen LogP contribution in [0.4, 0.5) is 0 Å². The maximum atomic E-state index is 13.3. The smallest absolute Gasteiger partial charge is 0.257 e. The molecular weight excluding hydrogens is 438 g/mol. The summed E-state index contributed by atoms with van der Waals surface area (Å²) >= 11 is 0. The number of para-hydroxylation sites is 1. The fraction of sp³-hybridized carbons (Fsp3) is 0.640. The third-order valence-electron chi connectivity index (χ3n) is 6.79. The zero-order chi connectivity index (χ0) is 24.8. The zero-order valence-electron chi connectivity index (χ0n) is 20.7. The van der Waals surface area contributed by atoms with Crippen molar-refractivity contribution in [2.75, 3.05) is 48.0 Å². The monoisotopic (exact) mass is 473 g/mol. The third kappa shape index (κ3) is 5.69. The first kappa shape index (κ1) is 25.9. The van der Waals surface area contributed by atoms with Gasteiger partial charge in [-0.1, -0.05) is 13.0 Å². The van der Waals surface area contributed by atoms with Gasteiger partial charge in [0.15, 0.2) is 0 Å². The molecule has 9 heteroatoms. The minimum Gasteiger partial charge on any atom is -0.491 e. The summed E-state index contributed by atoms with van der Waals surface area (Å²) in [6, 6.07) is 7.07. The predicted octanol–water partition coefficient (Wildman–Crippen LogP) is 2.08. The molecule has 2 amide bonds. The standard InChI is InChI=1S/C25H35N3O6/c1-16-21(32-5)14-28(3)25(30)19-8-6-7-17(13-26)23(19)33-12-11-18-9-10-20(31-4)22(34-18)15-27(2)24(16)29/h6-8,16,18,20-22H,9-12,14-15H2,1-5H3/t16-,18-,20-,21+,22+/m1/s1. The number of ether oxygens (including phenoxy) is 4. The van der Waals surface area contributed by atoms with Crippen LogP contribution in [0.15, 0.2) is 18.2 Å². The number of nitrogens with zero attached hydrogens (tertiary/aromatic N) is 3. The van der Waals surface area contributed by atoms with E-state index in [0.29, 0.717) is 30.7 Å². The van der Waals surface area contributed by atoms with Gasteiger partial charge in [-0.2, -0.15) is 5.26 Å². The molecule has 0 aromatic heterocycles. The Labute approximate surface area is 201 Å². The average molecular weight is 474 g/mol. The van der Waals surface area contributed by atoms with Crippen molar-refractivity contribution < 1.29 is 28.5 Å². The van der Waals surface area contributed by atoms with Gasteiger partial charge in [0.25, 0.3) is 5.91 Å². The fourth-order valence-corrected chi connectivity index (χ4v) is 4.68. The Balaban J connectivity index is 1.95. The van der Waals surface area contributed by atoms with Gasteiger partial charge in [-0.25, -0.2) is 0 Å². The predicted molar refractivity (Wildman–Crippen MR) is 125 cm³/mol. The summed E-state index contributed by atoms with van der Waals surface area (Å²) in [4.78, 5) is 29.7. The summed E-state index contributed by atoms with van der Waals surface area (Å²) < 4.78 is 23.6. The van der Waals surface area contributed by atoms with Crippen LogP contribution in [0.3, 0.4) is 0 Å². The molecule has 2 heterocycles. The Bertz CT molecular complexity index is 916. The molecule has 0 unspecified atom stereocenters. The van der Waals surface area contributed by atoms with Crippen molar-refractivity contribution in [2.24, 2.45) is 5.92 Å². The van der Waals surface area contributed by atoms with Gasteiger partial charge in [-0.15, -0.1) is 0 Å². The highest BCUT2D eigenvalue weighted by Crippen LogP contribution is 2.28. The number of nitriles is 1. The van der Waals surface area contributed by atoms with Crippen molar-refractivity contribution in [1.29, 1.82) is 5.26 Å².